The van der Waals surface area contributed by atoms with Crippen molar-refractivity contribution in [3.05, 3.63) is 89.0 Å². The molecule has 2 saturated heterocycles. The first-order chi connectivity index (χ1) is 19.2. The zero-order valence-electron chi connectivity index (χ0n) is 22.5. The number of thioether (sulfide) groups is 1. The third-order valence-electron chi connectivity index (χ3n) is 8.66. The summed E-state index contributed by atoms with van der Waals surface area (Å²) in [5.41, 5.74) is 2.48. The molecule has 208 valence electrons. The zero-order valence-corrected chi connectivity index (χ0v) is 24.1. The van der Waals surface area contributed by atoms with Crippen molar-refractivity contribution in [1.82, 2.24) is 9.80 Å². The first-order valence-electron chi connectivity index (χ1n) is 13.6. The van der Waals surface area contributed by atoms with Gasteiger partial charge < -0.3 is 19.8 Å². The minimum atomic E-state index is -0.970. The number of amides is 3. The summed E-state index contributed by atoms with van der Waals surface area (Å²) in [7, 11) is 0. The highest BCUT2D eigenvalue weighted by atomic mass is 35.5. The van der Waals surface area contributed by atoms with E-state index in [0.717, 1.165) is 11.1 Å². The summed E-state index contributed by atoms with van der Waals surface area (Å²) < 4.78 is -1.66. The smallest absolute Gasteiger partial charge is 0.251 e. The summed E-state index contributed by atoms with van der Waals surface area (Å²) in [6.07, 6.45) is 7.98. The summed E-state index contributed by atoms with van der Waals surface area (Å²) in [6.45, 7) is 4.82. The Labute approximate surface area is 243 Å². The number of anilines is 1. The van der Waals surface area contributed by atoms with Crippen molar-refractivity contribution in [1.29, 1.82) is 0 Å². The molecule has 0 aromatic heterocycles. The van der Waals surface area contributed by atoms with Crippen molar-refractivity contribution in [2.75, 3.05) is 31.1 Å². The van der Waals surface area contributed by atoms with Gasteiger partial charge in [-0.25, -0.2) is 0 Å². The van der Waals surface area contributed by atoms with Gasteiger partial charge in [-0.2, -0.15) is 0 Å². The highest BCUT2D eigenvalue weighted by molar-refractivity contribution is 8.02. The first kappa shape index (κ1) is 27.1. The molecule has 2 aromatic rings. The number of hydrogen-bond donors (Lipinski definition) is 1. The van der Waals surface area contributed by atoms with Crippen LogP contribution in [0.3, 0.4) is 0 Å². The number of hydrogen-bond acceptors (Lipinski definition) is 5. The average molecular weight is 578 g/mol. The van der Waals surface area contributed by atoms with E-state index in [2.05, 4.69) is 6.08 Å². The lowest BCUT2D eigenvalue weighted by Crippen LogP contribution is -2.54. The van der Waals surface area contributed by atoms with Gasteiger partial charge in [-0.1, -0.05) is 78.4 Å². The van der Waals surface area contributed by atoms with Crippen LogP contribution in [0.1, 0.15) is 18.1 Å². The summed E-state index contributed by atoms with van der Waals surface area (Å²) in [4.78, 5) is 48.0. The van der Waals surface area contributed by atoms with Crippen LogP contribution < -0.4 is 4.90 Å². The van der Waals surface area contributed by atoms with Crippen molar-refractivity contribution in [2.45, 2.75) is 35.9 Å². The van der Waals surface area contributed by atoms with Gasteiger partial charge in [0, 0.05) is 30.9 Å². The van der Waals surface area contributed by atoms with Crippen molar-refractivity contribution in [3.63, 3.8) is 0 Å². The van der Waals surface area contributed by atoms with E-state index < -0.39 is 27.4 Å². The molecule has 4 aliphatic rings. The van der Waals surface area contributed by atoms with E-state index in [1.165, 1.54) is 16.7 Å². The molecule has 0 aliphatic carbocycles. The number of likely N-dealkylation sites (tertiary alicyclic amines) is 1. The van der Waals surface area contributed by atoms with Crippen LogP contribution >= 0.6 is 23.4 Å². The normalized spacial score (nSPS) is 31.2. The van der Waals surface area contributed by atoms with Gasteiger partial charge in [-0.15, -0.1) is 11.8 Å². The van der Waals surface area contributed by atoms with Crippen molar-refractivity contribution in [3.8, 4) is 0 Å². The lowest BCUT2D eigenvalue weighted by atomic mass is 9.74. The van der Waals surface area contributed by atoms with Crippen LogP contribution in [0.4, 0.5) is 5.69 Å². The maximum absolute atomic E-state index is 14.5. The molecule has 4 aliphatic heterocycles. The lowest BCUT2D eigenvalue weighted by molar-refractivity contribution is -0.144. The van der Waals surface area contributed by atoms with Crippen LogP contribution in [0.15, 0.2) is 72.8 Å². The maximum atomic E-state index is 14.5. The molecular weight excluding hydrogens is 546 g/mol. The second-order valence-corrected chi connectivity index (χ2v) is 13.3. The maximum Gasteiger partial charge on any atom is 0.251 e. The SMILES string of the molecule is Cc1cccc(Cl)c1N1CC=C[C@]23S[C@@]4(C)C=CCN(Cc5ccccc5)C(=O)[C@H]4[C@H]2C(=O)N(CCO)C3C1=O. The standard InChI is InChI=1S/C31H32ClN3O4S/c1-20-9-6-12-22(32)25(20)34-16-8-14-31-24(28(38)35(17-18-36)26(31)29(34)39)23-27(37)33(15-7-13-30(23,2)40-31)19-21-10-4-3-5-11-21/h3-14,23-24,26,36H,15-19H2,1-2H3/t23-,24+,26?,30+,31+/m1/s1. The number of rotatable bonds is 5. The van der Waals surface area contributed by atoms with Crippen LogP contribution in [0.5, 0.6) is 0 Å². The molecule has 0 saturated carbocycles. The van der Waals surface area contributed by atoms with E-state index >= 15 is 0 Å². The molecule has 0 bridgehead atoms. The summed E-state index contributed by atoms with van der Waals surface area (Å²) >= 11 is 8.13. The van der Waals surface area contributed by atoms with Crippen molar-refractivity contribution in [2.24, 2.45) is 11.8 Å². The quantitative estimate of drug-likeness (QED) is 0.546. The molecule has 40 heavy (non-hydrogen) atoms. The number of aliphatic hydroxyl groups excluding tert-OH is 1. The summed E-state index contributed by atoms with van der Waals surface area (Å²) in [5.74, 6) is -2.02. The predicted molar refractivity (Wildman–Crippen MR) is 157 cm³/mol. The molecular formula is C31H32ClN3O4S. The Hall–Kier alpha value is -3.07. The number of aliphatic hydroxyl groups is 1. The molecule has 1 unspecified atom stereocenters. The van der Waals surface area contributed by atoms with Gasteiger partial charge in [0.15, 0.2) is 0 Å². The lowest BCUT2D eigenvalue weighted by Gasteiger charge is -2.37. The molecule has 4 heterocycles. The number of β-amino-alcohol motifs (C(OH)–C–C–N with tert-alkyl or cyclic N) is 1. The van der Waals surface area contributed by atoms with E-state index in [4.69, 9.17) is 11.6 Å². The number of benzene rings is 2. The van der Waals surface area contributed by atoms with Gasteiger partial charge in [0.05, 0.1) is 33.9 Å². The number of halogens is 1. The van der Waals surface area contributed by atoms with E-state index in [1.54, 1.807) is 15.9 Å². The number of aryl methyl sites for hydroxylation is 1. The van der Waals surface area contributed by atoms with Crippen molar-refractivity contribution >= 4 is 46.8 Å². The summed E-state index contributed by atoms with van der Waals surface area (Å²) in [5, 5.41) is 10.4. The van der Waals surface area contributed by atoms with Gasteiger partial charge in [-0.3, -0.25) is 14.4 Å². The van der Waals surface area contributed by atoms with E-state index in [-0.39, 0.29) is 30.9 Å². The largest absolute Gasteiger partial charge is 0.395 e. The molecule has 9 heteroatoms. The summed E-state index contributed by atoms with van der Waals surface area (Å²) in [6, 6.07) is 14.4. The molecule has 0 radical (unpaired) electrons. The number of carbonyl (C=O) groups is 3. The first-order valence-corrected chi connectivity index (χ1v) is 14.8. The third kappa shape index (κ3) is 4.03. The highest BCUT2D eigenvalue weighted by Crippen LogP contribution is 2.65. The fraction of sp³-hybridized carbons (Fsp3) is 0.387. The zero-order chi connectivity index (χ0) is 28.2. The van der Waals surface area contributed by atoms with Gasteiger partial charge in [0.1, 0.15) is 6.04 Å². The van der Waals surface area contributed by atoms with Crippen LogP contribution in [0, 0.1) is 18.8 Å². The van der Waals surface area contributed by atoms with Crippen LogP contribution in [-0.4, -0.2) is 74.4 Å². The number of para-hydroxylation sites is 1. The van der Waals surface area contributed by atoms with E-state index in [1.807, 2.05) is 74.5 Å². The number of fused-ring (bicyclic) bond motifs is 2. The van der Waals surface area contributed by atoms with Gasteiger partial charge >= 0.3 is 0 Å². The van der Waals surface area contributed by atoms with E-state index in [9.17, 15) is 19.5 Å². The number of nitrogens with zero attached hydrogens (tertiary/aromatic N) is 3. The van der Waals surface area contributed by atoms with Gasteiger partial charge in [0.2, 0.25) is 11.8 Å². The van der Waals surface area contributed by atoms with Crippen LogP contribution in [0.25, 0.3) is 0 Å². The highest BCUT2D eigenvalue weighted by Gasteiger charge is 2.73. The molecule has 1 N–H and O–H groups in total. The minimum absolute atomic E-state index is 0.0123. The Morgan fingerprint density at radius 2 is 1.70 bits per heavy atom. The molecule has 2 aromatic carbocycles. The topological polar surface area (TPSA) is 81.2 Å². The van der Waals surface area contributed by atoms with E-state index in [0.29, 0.717) is 30.3 Å². The van der Waals surface area contributed by atoms with Crippen LogP contribution in [0.2, 0.25) is 5.02 Å². The molecule has 6 rings (SSSR count). The fourth-order valence-electron chi connectivity index (χ4n) is 7.03. The third-order valence-corrected chi connectivity index (χ3v) is 10.8. The Morgan fingerprint density at radius 3 is 2.42 bits per heavy atom. The monoisotopic (exact) mass is 577 g/mol. The van der Waals surface area contributed by atoms with Crippen LogP contribution in [-0.2, 0) is 20.9 Å². The Bertz CT molecular complexity index is 1410. The number of carbonyl (C=O) groups excluding carboxylic acids is 3. The molecule has 1 spiro atoms. The molecule has 2 fully saturated rings. The molecule has 3 amide bonds. The average Bonchev–Trinajstić information content (AvgIpc) is 3.19. The van der Waals surface area contributed by atoms with Gasteiger partial charge in [0.25, 0.3) is 5.91 Å². The van der Waals surface area contributed by atoms with Gasteiger partial charge in [-0.05, 0) is 31.0 Å². The fourth-order valence-corrected chi connectivity index (χ4v) is 9.51. The minimum Gasteiger partial charge on any atom is -0.395 e. The predicted octanol–water partition coefficient (Wildman–Crippen LogP) is 3.83. The Balaban J connectivity index is 1.44. The second-order valence-electron chi connectivity index (χ2n) is 11.1. The second kappa shape index (κ2) is 10.1. The molecule has 5 atom stereocenters. The Kier molecular flexibility index (Phi) is 6.84. The Morgan fingerprint density at radius 1 is 0.950 bits per heavy atom. The molecule has 7 nitrogen and oxygen atoms in total. The van der Waals surface area contributed by atoms with Crippen molar-refractivity contribution < 1.29 is 19.5 Å².